The minimum absolute atomic E-state index is 0.0759. The van der Waals surface area contributed by atoms with Gasteiger partial charge in [0.25, 0.3) is 5.91 Å². The third kappa shape index (κ3) is 4.62. The molecule has 1 unspecified atom stereocenters. The Morgan fingerprint density at radius 3 is 2.62 bits per heavy atom. The molecule has 7 nitrogen and oxygen atoms in total. The number of aromatic amines is 1. The maximum absolute atomic E-state index is 12.3. The lowest BCUT2D eigenvalue weighted by Crippen LogP contribution is -3.13. The first-order valence-electron chi connectivity index (χ1n) is 9.36. The van der Waals surface area contributed by atoms with Crippen molar-refractivity contribution < 1.29 is 14.8 Å². The van der Waals surface area contributed by atoms with Gasteiger partial charge in [0.2, 0.25) is 0 Å². The van der Waals surface area contributed by atoms with E-state index in [-0.39, 0.29) is 23.8 Å². The number of benzene rings is 2. The Morgan fingerprint density at radius 1 is 1.28 bits per heavy atom. The number of nitrogens with one attached hydrogen (secondary N) is 3. The number of nitriles is 1. The highest BCUT2D eigenvalue weighted by Gasteiger charge is 2.25. The lowest BCUT2D eigenvalue weighted by Gasteiger charge is -2.21. The Labute approximate surface area is 169 Å². The number of nitrogens with zero attached hydrogens (tertiary/aromatic N) is 2. The van der Waals surface area contributed by atoms with Crippen LogP contribution in [0, 0.1) is 18.3 Å². The van der Waals surface area contributed by atoms with E-state index in [1.807, 2.05) is 61.5 Å². The molecule has 1 heterocycles. The fourth-order valence-corrected chi connectivity index (χ4v) is 3.00. The lowest BCUT2D eigenvalue weighted by atomic mass is 10.1. The van der Waals surface area contributed by atoms with Crippen LogP contribution >= 0.6 is 0 Å². The number of carbonyl (C=O) groups excluding carboxylic acids is 1. The number of aliphatic hydroxyl groups is 1. The molecule has 7 heteroatoms. The first-order valence-corrected chi connectivity index (χ1v) is 9.36. The first kappa shape index (κ1) is 20.1. The van der Waals surface area contributed by atoms with Gasteiger partial charge < -0.3 is 20.3 Å². The molecule has 3 rings (SSSR count). The van der Waals surface area contributed by atoms with Gasteiger partial charge in [-0.25, -0.2) is 4.98 Å². The Kier molecular flexibility index (Phi) is 5.96. The summed E-state index contributed by atoms with van der Waals surface area (Å²) in [5.74, 6) is 0.0374. The van der Waals surface area contributed by atoms with Gasteiger partial charge in [-0.1, -0.05) is 29.8 Å². The Morgan fingerprint density at radius 2 is 1.97 bits per heavy atom. The third-order valence-corrected chi connectivity index (χ3v) is 4.92. The van der Waals surface area contributed by atoms with Crippen LogP contribution in [0.15, 0.2) is 54.3 Å². The summed E-state index contributed by atoms with van der Waals surface area (Å²) in [6.07, 6.45) is 0. The quantitative estimate of drug-likeness (QED) is 0.382. The van der Waals surface area contributed by atoms with Crippen molar-refractivity contribution >= 4 is 28.2 Å². The molecule has 0 radical (unpaired) electrons. The highest BCUT2D eigenvalue weighted by atomic mass is 16.3. The molecule has 0 aliphatic rings. The van der Waals surface area contributed by atoms with E-state index in [1.165, 1.54) is 0 Å². The number of hydrogen-bond donors (Lipinski definition) is 4. The van der Waals surface area contributed by atoms with E-state index in [1.54, 1.807) is 14.0 Å². The number of hydrogen-bond acceptors (Lipinski definition) is 4. The van der Waals surface area contributed by atoms with Gasteiger partial charge in [-0.15, -0.1) is 0 Å². The standard InChI is InChI=1S/C22H23N5O2/c1-14-8-10-16(11-9-14)24-20(28)13-27(3)15(2)21(29)17(12-23)22-25-18-6-4-5-7-19(18)26-22/h4-11,15,29H,13H2,1-3H3,(H,24,28)(H,25,26)/p+1/b21-17-/t15-/m0/s1. The Balaban J connectivity index is 1.74. The lowest BCUT2D eigenvalue weighted by molar-refractivity contribution is -0.891. The zero-order valence-corrected chi connectivity index (χ0v) is 16.7. The maximum atomic E-state index is 12.3. The third-order valence-electron chi connectivity index (χ3n) is 4.92. The predicted octanol–water partition coefficient (Wildman–Crippen LogP) is 2.21. The minimum atomic E-state index is -0.471. The SMILES string of the molecule is Cc1ccc(NC(=O)C[NH+](C)[C@@H](C)/C(O)=C(\C#N)c2nc3ccccc3[nH]2)cc1. The van der Waals surface area contributed by atoms with Gasteiger partial charge in [-0.3, -0.25) is 4.79 Å². The smallest absolute Gasteiger partial charge is 0.279 e. The summed E-state index contributed by atoms with van der Waals surface area (Å²) < 4.78 is 0. The molecular weight excluding hydrogens is 366 g/mol. The fourth-order valence-electron chi connectivity index (χ4n) is 3.00. The number of para-hydroxylation sites is 2. The highest BCUT2D eigenvalue weighted by molar-refractivity contribution is 5.91. The van der Waals surface area contributed by atoms with Crippen LogP contribution in [0.1, 0.15) is 18.3 Å². The Bertz CT molecular complexity index is 1060. The number of carbonyl (C=O) groups is 1. The number of aliphatic hydroxyl groups excluding tert-OH is 1. The van der Waals surface area contributed by atoms with Crippen LogP contribution in [-0.2, 0) is 4.79 Å². The van der Waals surface area contributed by atoms with Crippen LogP contribution in [0.2, 0.25) is 0 Å². The van der Waals surface area contributed by atoms with Gasteiger partial charge in [0.1, 0.15) is 17.7 Å². The number of fused-ring (bicyclic) bond motifs is 1. The summed E-state index contributed by atoms with van der Waals surface area (Å²) in [6.45, 7) is 3.89. The monoisotopic (exact) mass is 390 g/mol. The highest BCUT2D eigenvalue weighted by Crippen LogP contribution is 2.19. The van der Waals surface area contributed by atoms with Gasteiger partial charge in [-0.2, -0.15) is 5.26 Å². The number of likely N-dealkylation sites (N-methyl/N-ethyl adjacent to an activating group) is 1. The normalized spacial score (nSPS) is 14.0. The fraction of sp³-hybridized carbons (Fsp3) is 0.227. The average molecular weight is 390 g/mol. The van der Waals surface area contributed by atoms with E-state index in [0.717, 1.165) is 21.7 Å². The molecule has 4 N–H and O–H groups in total. The largest absolute Gasteiger partial charge is 0.505 e. The number of quaternary nitrogens is 1. The number of H-pyrrole nitrogens is 1. The van der Waals surface area contributed by atoms with Gasteiger partial charge in [0.05, 0.1) is 18.1 Å². The number of allylic oxidation sites excluding steroid dienone is 1. The summed E-state index contributed by atoms with van der Waals surface area (Å²) in [6, 6.07) is 16.5. The van der Waals surface area contributed by atoms with Gasteiger partial charge in [0, 0.05) is 5.69 Å². The van der Waals surface area contributed by atoms with Gasteiger partial charge in [0.15, 0.2) is 18.1 Å². The average Bonchev–Trinajstić information content (AvgIpc) is 3.13. The van der Waals surface area contributed by atoms with E-state index in [4.69, 9.17) is 0 Å². The number of rotatable bonds is 6. The van der Waals surface area contributed by atoms with Crippen LogP contribution in [0.5, 0.6) is 0 Å². The molecule has 1 amide bonds. The topological polar surface area (TPSA) is 106 Å². The molecule has 0 aliphatic carbocycles. The van der Waals surface area contributed by atoms with Crippen molar-refractivity contribution in [3.8, 4) is 6.07 Å². The molecule has 0 fully saturated rings. The summed E-state index contributed by atoms with van der Waals surface area (Å²) in [5.41, 5.74) is 3.42. The van der Waals surface area contributed by atoms with Crippen molar-refractivity contribution in [1.29, 1.82) is 5.26 Å². The van der Waals surface area contributed by atoms with Crippen LogP contribution in [-0.4, -0.2) is 40.6 Å². The molecule has 1 aromatic heterocycles. The first-order chi connectivity index (χ1) is 13.9. The number of aryl methyl sites for hydroxylation is 1. The van der Waals surface area contributed by atoms with Crippen molar-refractivity contribution in [3.05, 3.63) is 65.7 Å². The van der Waals surface area contributed by atoms with Crippen molar-refractivity contribution in [3.63, 3.8) is 0 Å². The number of anilines is 1. The molecule has 0 aliphatic heterocycles. The molecule has 3 aromatic rings. The summed E-state index contributed by atoms with van der Waals surface area (Å²) in [7, 11) is 1.79. The second kappa shape index (κ2) is 8.59. The zero-order chi connectivity index (χ0) is 21.0. The van der Waals surface area contributed by atoms with Crippen LogP contribution in [0.3, 0.4) is 0 Å². The number of amides is 1. The van der Waals surface area contributed by atoms with Crippen LogP contribution < -0.4 is 10.2 Å². The zero-order valence-electron chi connectivity index (χ0n) is 16.7. The van der Waals surface area contributed by atoms with E-state index in [2.05, 4.69) is 15.3 Å². The van der Waals surface area contributed by atoms with Crippen LogP contribution in [0.4, 0.5) is 5.69 Å². The van der Waals surface area contributed by atoms with E-state index >= 15 is 0 Å². The molecule has 0 bridgehead atoms. The molecule has 0 saturated heterocycles. The molecule has 148 valence electrons. The van der Waals surface area contributed by atoms with E-state index < -0.39 is 6.04 Å². The van der Waals surface area contributed by atoms with E-state index in [9.17, 15) is 15.2 Å². The van der Waals surface area contributed by atoms with Gasteiger partial charge >= 0.3 is 0 Å². The second-order valence-electron chi connectivity index (χ2n) is 7.13. The summed E-state index contributed by atoms with van der Waals surface area (Å²) >= 11 is 0. The van der Waals surface area contributed by atoms with E-state index in [0.29, 0.717) is 11.3 Å². The minimum Gasteiger partial charge on any atom is -0.505 e. The molecule has 2 aromatic carbocycles. The number of imidazole rings is 1. The summed E-state index contributed by atoms with van der Waals surface area (Å²) in [4.78, 5) is 20.5. The summed E-state index contributed by atoms with van der Waals surface area (Å²) in [5, 5.41) is 23.1. The maximum Gasteiger partial charge on any atom is 0.279 e. The predicted molar refractivity (Wildman–Crippen MR) is 112 cm³/mol. The van der Waals surface area contributed by atoms with Crippen molar-refractivity contribution in [2.75, 3.05) is 18.9 Å². The van der Waals surface area contributed by atoms with Crippen molar-refractivity contribution in [1.82, 2.24) is 9.97 Å². The molecule has 2 atom stereocenters. The molecule has 0 spiro atoms. The second-order valence-corrected chi connectivity index (χ2v) is 7.13. The van der Waals surface area contributed by atoms with Crippen LogP contribution in [0.25, 0.3) is 16.6 Å². The van der Waals surface area contributed by atoms with Crippen molar-refractivity contribution in [2.24, 2.45) is 0 Å². The van der Waals surface area contributed by atoms with Gasteiger partial charge in [-0.05, 0) is 38.1 Å². The Hall–Kier alpha value is -3.63. The molecule has 29 heavy (non-hydrogen) atoms. The molecular formula is C22H24N5O2+. The molecule has 0 saturated carbocycles. The van der Waals surface area contributed by atoms with Crippen molar-refractivity contribution in [2.45, 2.75) is 19.9 Å². The number of aromatic nitrogens is 2.